The Bertz CT molecular complexity index is 1090. The number of ether oxygens (including phenoxy) is 1. The van der Waals surface area contributed by atoms with Crippen LogP contribution in [0.4, 0.5) is 5.69 Å². The summed E-state index contributed by atoms with van der Waals surface area (Å²) in [6.07, 6.45) is 3.97. The maximum Gasteiger partial charge on any atom is 0.272 e. The Morgan fingerprint density at radius 2 is 1.97 bits per heavy atom. The minimum Gasteiger partial charge on any atom is -0.484 e. The van der Waals surface area contributed by atoms with Crippen molar-refractivity contribution < 1.29 is 19.0 Å². The van der Waals surface area contributed by atoms with E-state index in [1.54, 1.807) is 17.9 Å². The van der Waals surface area contributed by atoms with E-state index >= 15 is 0 Å². The number of carbonyl (C=O) groups excluding carboxylic acids is 1. The fourth-order valence-corrected chi connectivity index (χ4v) is 3.96. The number of carbonyl (C=O) groups is 1. The second-order valence-electron chi connectivity index (χ2n) is 7.83. The molecule has 0 saturated heterocycles. The van der Waals surface area contributed by atoms with Crippen LogP contribution in [-0.2, 0) is 11.3 Å². The molecule has 0 bridgehead atoms. The van der Waals surface area contributed by atoms with E-state index in [1.165, 1.54) is 12.1 Å². The number of nitro groups is 1. The molecule has 1 aliphatic carbocycles. The number of nitrogens with zero attached hydrogens (tertiary/aromatic N) is 4. The first-order chi connectivity index (χ1) is 15.5. The Morgan fingerprint density at radius 1 is 1.22 bits per heavy atom. The normalized spacial score (nSPS) is 13.8. The average Bonchev–Trinajstić information content (AvgIpc) is 3.48. The quantitative estimate of drug-likeness (QED) is 0.382. The molecule has 1 heterocycles. The molecule has 9 nitrogen and oxygen atoms in total. The van der Waals surface area contributed by atoms with Crippen molar-refractivity contribution in [3.05, 3.63) is 70.1 Å². The molecule has 0 N–H and O–H groups in total. The topological polar surface area (TPSA) is 112 Å². The predicted octanol–water partition coefficient (Wildman–Crippen LogP) is 4.30. The Balaban J connectivity index is 1.45. The van der Waals surface area contributed by atoms with Gasteiger partial charge in [0.25, 0.3) is 11.6 Å². The molecule has 1 amide bonds. The molecule has 2 aromatic carbocycles. The van der Waals surface area contributed by atoms with E-state index in [0.29, 0.717) is 23.0 Å². The molecule has 0 unspecified atom stereocenters. The summed E-state index contributed by atoms with van der Waals surface area (Å²) < 4.78 is 11.1. The number of hydrogen-bond donors (Lipinski definition) is 0. The van der Waals surface area contributed by atoms with Crippen LogP contribution in [0, 0.1) is 17.0 Å². The summed E-state index contributed by atoms with van der Waals surface area (Å²) in [5.41, 5.74) is 1.34. The van der Waals surface area contributed by atoms with Gasteiger partial charge in [0.15, 0.2) is 6.61 Å². The van der Waals surface area contributed by atoms with Crippen molar-refractivity contribution in [3.8, 4) is 17.1 Å². The summed E-state index contributed by atoms with van der Waals surface area (Å²) in [5, 5.41) is 15.0. The van der Waals surface area contributed by atoms with Gasteiger partial charge in [-0.25, -0.2) is 0 Å². The average molecular weight is 436 g/mol. The maximum atomic E-state index is 13.0. The molecule has 9 heteroatoms. The molecule has 0 spiro atoms. The van der Waals surface area contributed by atoms with Crippen molar-refractivity contribution in [2.24, 2.45) is 0 Å². The smallest absolute Gasteiger partial charge is 0.272 e. The first kappa shape index (κ1) is 21.5. The molecular weight excluding hydrogens is 412 g/mol. The zero-order chi connectivity index (χ0) is 22.5. The van der Waals surface area contributed by atoms with Crippen LogP contribution in [0.5, 0.6) is 5.75 Å². The van der Waals surface area contributed by atoms with Crippen molar-refractivity contribution in [2.75, 3.05) is 6.61 Å². The second-order valence-corrected chi connectivity index (χ2v) is 7.83. The summed E-state index contributed by atoms with van der Waals surface area (Å²) in [4.78, 5) is 29.8. The molecule has 166 valence electrons. The van der Waals surface area contributed by atoms with E-state index in [0.717, 1.165) is 31.2 Å². The summed E-state index contributed by atoms with van der Waals surface area (Å²) in [7, 11) is 0. The molecule has 1 saturated carbocycles. The highest BCUT2D eigenvalue weighted by atomic mass is 16.6. The van der Waals surface area contributed by atoms with E-state index in [9.17, 15) is 14.9 Å². The fraction of sp³-hybridized carbons (Fsp3) is 0.348. The van der Waals surface area contributed by atoms with Gasteiger partial charge in [-0.3, -0.25) is 14.9 Å². The number of aryl methyl sites for hydroxylation is 1. The third-order valence-corrected chi connectivity index (χ3v) is 5.62. The van der Waals surface area contributed by atoms with Gasteiger partial charge in [0.05, 0.1) is 4.92 Å². The molecule has 1 fully saturated rings. The molecule has 1 aliphatic rings. The molecular formula is C23H24N4O5. The highest BCUT2D eigenvalue weighted by Crippen LogP contribution is 2.27. The van der Waals surface area contributed by atoms with Crippen LogP contribution >= 0.6 is 0 Å². The predicted molar refractivity (Wildman–Crippen MR) is 116 cm³/mol. The number of aromatic nitrogens is 2. The largest absolute Gasteiger partial charge is 0.484 e. The summed E-state index contributed by atoms with van der Waals surface area (Å²) >= 11 is 0. The molecule has 32 heavy (non-hydrogen) atoms. The molecule has 3 aromatic rings. The lowest BCUT2D eigenvalue weighted by molar-refractivity contribution is -0.385. The Hall–Kier alpha value is -3.75. The van der Waals surface area contributed by atoms with E-state index in [1.807, 2.05) is 30.3 Å². The van der Waals surface area contributed by atoms with Crippen molar-refractivity contribution in [3.63, 3.8) is 0 Å². The van der Waals surface area contributed by atoms with Crippen molar-refractivity contribution in [1.82, 2.24) is 15.0 Å². The number of nitro benzene ring substituents is 1. The molecule has 0 radical (unpaired) electrons. The highest BCUT2D eigenvalue weighted by Gasteiger charge is 2.29. The standard InChI is InChI=1S/C23H24N4O5/c1-16-13-19(11-12-20(16)27(29)30)31-15-22(28)26(18-9-5-6-10-18)14-21-24-23(25-32-21)17-7-3-2-4-8-17/h2-4,7-8,11-13,18H,5-6,9-10,14-15H2,1H3. The van der Waals surface area contributed by atoms with Crippen LogP contribution < -0.4 is 4.74 Å². The first-order valence-electron chi connectivity index (χ1n) is 10.6. The Labute approximate surface area is 185 Å². The molecule has 1 aromatic heterocycles. The molecule has 0 atom stereocenters. The number of hydrogen-bond acceptors (Lipinski definition) is 7. The Morgan fingerprint density at radius 3 is 2.66 bits per heavy atom. The van der Waals surface area contributed by atoms with Crippen LogP contribution in [0.15, 0.2) is 53.1 Å². The van der Waals surface area contributed by atoms with E-state index in [-0.39, 0.29) is 30.8 Å². The summed E-state index contributed by atoms with van der Waals surface area (Å²) in [6, 6.07) is 14.1. The zero-order valence-electron chi connectivity index (χ0n) is 17.8. The van der Waals surface area contributed by atoms with Gasteiger partial charge in [-0.2, -0.15) is 4.98 Å². The van der Waals surface area contributed by atoms with E-state index in [4.69, 9.17) is 9.26 Å². The first-order valence-corrected chi connectivity index (χ1v) is 10.6. The van der Waals surface area contributed by atoms with Crippen molar-refractivity contribution >= 4 is 11.6 Å². The second kappa shape index (κ2) is 9.59. The highest BCUT2D eigenvalue weighted by molar-refractivity contribution is 5.78. The SMILES string of the molecule is Cc1cc(OCC(=O)N(Cc2nc(-c3ccccc3)no2)C2CCCC2)ccc1[N+](=O)[O-]. The van der Waals surface area contributed by atoms with Gasteiger partial charge in [0.1, 0.15) is 12.3 Å². The number of rotatable bonds is 8. The third kappa shape index (κ3) is 4.93. The van der Waals surface area contributed by atoms with Gasteiger partial charge < -0.3 is 14.2 Å². The van der Waals surface area contributed by atoms with Gasteiger partial charge in [0.2, 0.25) is 11.7 Å². The molecule has 0 aliphatic heterocycles. The van der Waals surface area contributed by atoms with Crippen LogP contribution in [0.1, 0.15) is 37.1 Å². The number of amides is 1. The van der Waals surface area contributed by atoms with Crippen LogP contribution in [0.2, 0.25) is 0 Å². The Kier molecular flexibility index (Phi) is 6.44. The van der Waals surface area contributed by atoms with E-state index < -0.39 is 4.92 Å². The van der Waals surface area contributed by atoms with Gasteiger partial charge >= 0.3 is 0 Å². The van der Waals surface area contributed by atoms with Crippen LogP contribution in [0.25, 0.3) is 11.4 Å². The van der Waals surface area contributed by atoms with Gasteiger partial charge in [0, 0.05) is 23.2 Å². The van der Waals surface area contributed by atoms with Gasteiger partial charge in [-0.05, 0) is 31.9 Å². The minimum atomic E-state index is -0.444. The summed E-state index contributed by atoms with van der Waals surface area (Å²) in [6.45, 7) is 1.68. The van der Waals surface area contributed by atoms with Crippen LogP contribution in [0.3, 0.4) is 0 Å². The van der Waals surface area contributed by atoms with Gasteiger partial charge in [-0.15, -0.1) is 0 Å². The zero-order valence-corrected chi connectivity index (χ0v) is 17.8. The van der Waals surface area contributed by atoms with Crippen LogP contribution in [-0.4, -0.2) is 38.5 Å². The van der Waals surface area contributed by atoms with Crippen molar-refractivity contribution in [1.29, 1.82) is 0 Å². The monoisotopic (exact) mass is 436 g/mol. The lowest BCUT2D eigenvalue weighted by Crippen LogP contribution is -2.41. The fourth-order valence-electron chi connectivity index (χ4n) is 3.96. The minimum absolute atomic E-state index is 0.0156. The third-order valence-electron chi connectivity index (χ3n) is 5.62. The number of benzene rings is 2. The van der Waals surface area contributed by atoms with Gasteiger partial charge in [-0.1, -0.05) is 48.3 Å². The van der Waals surface area contributed by atoms with E-state index in [2.05, 4.69) is 10.1 Å². The summed E-state index contributed by atoms with van der Waals surface area (Å²) in [5.74, 6) is 1.08. The molecule has 4 rings (SSSR count). The lowest BCUT2D eigenvalue weighted by Gasteiger charge is -2.27. The lowest BCUT2D eigenvalue weighted by atomic mass is 10.2. The van der Waals surface area contributed by atoms with Crippen molar-refractivity contribution in [2.45, 2.75) is 45.2 Å². The maximum absolute atomic E-state index is 13.0.